The molecule has 2 aliphatic rings. The van der Waals surface area contributed by atoms with Gasteiger partial charge in [0.15, 0.2) is 0 Å². The first-order chi connectivity index (χ1) is 20.0. The predicted molar refractivity (Wildman–Crippen MR) is 160 cm³/mol. The van der Waals surface area contributed by atoms with Crippen LogP contribution in [-0.2, 0) is 20.2 Å². The van der Waals surface area contributed by atoms with Crippen molar-refractivity contribution in [3.05, 3.63) is 82.6 Å². The molecule has 0 saturated carbocycles. The van der Waals surface area contributed by atoms with E-state index in [1.807, 2.05) is 13.8 Å². The van der Waals surface area contributed by atoms with E-state index in [9.17, 15) is 13.2 Å². The first-order valence-electron chi connectivity index (χ1n) is 14.0. The Labute approximate surface area is 251 Å². The molecule has 5 rings (SSSR count). The van der Waals surface area contributed by atoms with Crippen molar-refractivity contribution in [1.82, 2.24) is 4.90 Å². The number of likely N-dealkylation sites (tertiary alicyclic amines) is 1. The average molecular weight is 616 g/mol. The molecule has 2 heterocycles. The van der Waals surface area contributed by atoms with Gasteiger partial charge in [0.1, 0.15) is 22.7 Å². The van der Waals surface area contributed by atoms with Crippen molar-refractivity contribution in [3.8, 4) is 11.5 Å². The Morgan fingerprint density at radius 1 is 1.12 bits per heavy atom. The highest BCUT2D eigenvalue weighted by atomic mass is 35.5. The molecular formula is C31H35ClFN3O5S. The van der Waals surface area contributed by atoms with Crippen LogP contribution in [-0.4, -0.2) is 51.7 Å². The number of fused-ring (bicyclic) bond motifs is 1. The van der Waals surface area contributed by atoms with Crippen LogP contribution in [0, 0.1) is 5.82 Å². The standard InChI is InChI=1S/C31H35ClFN3O5S/c1-20(2)41-21-11-13-22(14-12-21)42(38,39)36-27-19-28(40-3)25(32)18-24(27)31(30(36)37,23-8-4-5-9-26(23)33)15-7-17-35-16-6-10-29(35)34/h4-5,8-9,11-14,18-20,29H,6-7,10,15-17,34H2,1-3H3/t29-,31?/m1/s1. The lowest BCUT2D eigenvalue weighted by molar-refractivity contribution is -0.121. The van der Waals surface area contributed by atoms with Crippen molar-refractivity contribution in [2.45, 2.75) is 62.1 Å². The lowest BCUT2D eigenvalue weighted by Crippen LogP contribution is -2.45. The highest BCUT2D eigenvalue weighted by Gasteiger charge is 2.57. The molecule has 0 bridgehead atoms. The molecule has 8 nitrogen and oxygen atoms in total. The Hall–Kier alpha value is -3.18. The van der Waals surface area contributed by atoms with Gasteiger partial charge < -0.3 is 15.2 Å². The smallest absolute Gasteiger partial charge is 0.270 e. The fraction of sp³-hybridized carbons (Fsp3) is 0.387. The number of ether oxygens (including phenoxy) is 2. The summed E-state index contributed by atoms with van der Waals surface area (Å²) < 4.78 is 56.0. The van der Waals surface area contributed by atoms with E-state index in [1.54, 1.807) is 18.2 Å². The molecule has 1 saturated heterocycles. The number of benzene rings is 3. The van der Waals surface area contributed by atoms with Crippen molar-refractivity contribution in [3.63, 3.8) is 0 Å². The highest BCUT2D eigenvalue weighted by molar-refractivity contribution is 7.93. The molecule has 3 aromatic carbocycles. The summed E-state index contributed by atoms with van der Waals surface area (Å²) in [6, 6.07) is 14.8. The largest absolute Gasteiger partial charge is 0.495 e. The van der Waals surface area contributed by atoms with Gasteiger partial charge in [-0.15, -0.1) is 0 Å². The third-order valence-electron chi connectivity index (χ3n) is 7.98. The van der Waals surface area contributed by atoms with Crippen LogP contribution in [0.15, 0.2) is 65.6 Å². The van der Waals surface area contributed by atoms with Gasteiger partial charge in [0, 0.05) is 11.6 Å². The summed E-state index contributed by atoms with van der Waals surface area (Å²) in [7, 11) is -3.05. The van der Waals surface area contributed by atoms with E-state index >= 15 is 4.39 Å². The lowest BCUT2D eigenvalue weighted by Gasteiger charge is -2.31. The van der Waals surface area contributed by atoms with Crippen molar-refractivity contribution in [2.24, 2.45) is 5.73 Å². The maximum atomic E-state index is 15.7. The van der Waals surface area contributed by atoms with Gasteiger partial charge >= 0.3 is 0 Å². The minimum absolute atomic E-state index is 0.0740. The number of carbonyl (C=O) groups excluding carboxylic acids is 1. The summed E-state index contributed by atoms with van der Waals surface area (Å²) in [6.45, 7) is 5.14. The van der Waals surface area contributed by atoms with Crippen LogP contribution in [0.2, 0.25) is 5.02 Å². The van der Waals surface area contributed by atoms with E-state index in [1.165, 1.54) is 49.6 Å². The van der Waals surface area contributed by atoms with Crippen molar-refractivity contribution in [1.29, 1.82) is 0 Å². The SMILES string of the molecule is COc1cc2c(cc1Cl)C(CCCN1CCC[C@@H]1N)(c1ccccc1F)C(=O)N2S(=O)(=O)c1ccc(OC(C)C)cc1. The summed E-state index contributed by atoms with van der Waals surface area (Å²) in [5.41, 5.74) is 5.05. The van der Waals surface area contributed by atoms with E-state index < -0.39 is 27.2 Å². The molecule has 11 heteroatoms. The molecular weight excluding hydrogens is 581 g/mol. The van der Waals surface area contributed by atoms with Crippen LogP contribution < -0.4 is 19.5 Å². The molecule has 1 unspecified atom stereocenters. The van der Waals surface area contributed by atoms with Crippen molar-refractivity contribution >= 4 is 33.2 Å². The van der Waals surface area contributed by atoms with E-state index in [0.717, 1.165) is 23.7 Å². The van der Waals surface area contributed by atoms with Gasteiger partial charge in [-0.2, -0.15) is 0 Å². The van der Waals surface area contributed by atoms with Crippen LogP contribution in [0.5, 0.6) is 11.5 Å². The fourth-order valence-electron chi connectivity index (χ4n) is 6.03. The van der Waals surface area contributed by atoms with Crippen LogP contribution >= 0.6 is 11.6 Å². The number of nitrogens with two attached hydrogens (primary N) is 1. The zero-order valence-electron chi connectivity index (χ0n) is 23.8. The van der Waals surface area contributed by atoms with Gasteiger partial charge in [-0.05, 0) is 94.6 Å². The zero-order chi connectivity index (χ0) is 30.2. The summed E-state index contributed by atoms with van der Waals surface area (Å²) in [5.74, 6) is -0.709. The normalized spacial score (nSPS) is 20.8. The van der Waals surface area contributed by atoms with E-state index in [-0.39, 0.29) is 45.6 Å². The van der Waals surface area contributed by atoms with Gasteiger partial charge in [0.05, 0.1) is 35.0 Å². The Morgan fingerprint density at radius 3 is 2.45 bits per heavy atom. The molecule has 2 aliphatic heterocycles. The van der Waals surface area contributed by atoms with Gasteiger partial charge in [-0.3, -0.25) is 9.69 Å². The molecule has 0 radical (unpaired) electrons. The number of halogens is 2. The average Bonchev–Trinajstić information content (AvgIpc) is 3.46. The molecule has 224 valence electrons. The Bertz CT molecular complexity index is 1580. The summed E-state index contributed by atoms with van der Waals surface area (Å²) in [6.07, 6.45) is 2.27. The number of amides is 1. The quantitative estimate of drug-likeness (QED) is 0.323. The number of anilines is 1. The van der Waals surface area contributed by atoms with Crippen molar-refractivity contribution in [2.75, 3.05) is 24.5 Å². The topological polar surface area (TPSA) is 102 Å². The first-order valence-corrected chi connectivity index (χ1v) is 15.8. The maximum absolute atomic E-state index is 15.7. The predicted octanol–water partition coefficient (Wildman–Crippen LogP) is 5.46. The zero-order valence-corrected chi connectivity index (χ0v) is 25.4. The van der Waals surface area contributed by atoms with Crippen LogP contribution in [0.3, 0.4) is 0 Å². The van der Waals surface area contributed by atoms with Gasteiger partial charge in [0.25, 0.3) is 15.9 Å². The number of hydrogen-bond donors (Lipinski definition) is 1. The van der Waals surface area contributed by atoms with Crippen molar-refractivity contribution < 1.29 is 27.1 Å². The van der Waals surface area contributed by atoms with E-state index in [2.05, 4.69) is 4.90 Å². The van der Waals surface area contributed by atoms with Gasteiger partial charge in [-0.1, -0.05) is 29.8 Å². The molecule has 1 fully saturated rings. The second kappa shape index (κ2) is 11.8. The fourth-order valence-corrected chi connectivity index (χ4v) is 7.75. The van der Waals surface area contributed by atoms with Gasteiger partial charge in [-0.25, -0.2) is 17.1 Å². The third kappa shape index (κ3) is 5.25. The van der Waals surface area contributed by atoms with E-state index in [4.69, 9.17) is 26.8 Å². The van der Waals surface area contributed by atoms with Gasteiger partial charge in [0.2, 0.25) is 0 Å². The number of carbonyl (C=O) groups is 1. The summed E-state index contributed by atoms with van der Waals surface area (Å²) >= 11 is 6.57. The minimum Gasteiger partial charge on any atom is -0.495 e. The number of methoxy groups -OCH3 is 1. The molecule has 0 spiro atoms. The molecule has 0 aromatic heterocycles. The van der Waals surface area contributed by atoms with E-state index in [0.29, 0.717) is 24.3 Å². The maximum Gasteiger partial charge on any atom is 0.270 e. The summed E-state index contributed by atoms with van der Waals surface area (Å²) in [4.78, 5) is 16.7. The Morgan fingerprint density at radius 2 is 1.83 bits per heavy atom. The second-order valence-corrected chi connectivity index (χ2v) is 13.1. The number of nitrogens with zero attached hydrogens (tertiary/aromatic N) is 2. The number of hydrogen-bond acceptors (Lipinski definition) is 7. The number of rotatable bonds is 10. The number of sulfonamides is 1. The van der Waals surface area contributed by atoms with Crippen LogP contribution in [0.25, 0.3) is 0 Å². The van der Waals surface area contributed by atoms with Crippen LogP contribution in [0.1, 0.15) is 50.7 Å². The summed E-state index contributed by atoms with van der Waals surface area (Å²) in [5, 5.41) is 0.181. The molecule has 42 heavy (non-hydrogen) atoms. The Kier molecular flexibility index (Phi) is 8.53. The molecule has 0 aliphatic carbocycles. The first kappa shape index (κ1) is 30.3. The third-order valence-corrected chi connectivity index (χ3v) is 9.98. The van der Waals surface area contributed by atoms with Crippen LogP contribution in [0.4, 0.5) is 10.1 Å². The molecule has 2 N–H and O–H groups in total. The molecule has 3 aromatic rings. The molecule has 1 amide bonds. The second-order valence-electron chi connectivity index (χ2n) is 11.0. The minimum atomic E-state index is -4.45. The molecule has 2 atom stereocenters. The highest BCUT2D eigenvalue weighted by Crippen LogP contribution is 2.53. The Balaban J connectivity index is 1.66. The monoisotopic (exact) mass is 615 g/mol. The lowest BCUT2D eigenvalue weighted by atomic mass is 9.72.